The van der Waals surface area contributed by atoms with Crippen LogP contribution >= 0.6 is 11.8 Å². The molecule has 0 unspecified atom stereocenters. The van der Waals surface area contributed by atoms with Gasteiger partial charge in [0, 0.05) is 36.6 Å². The van der Waals surface area contributed by atoms with E-state index in [1.165, 1.54) is 42.3 Å². The normalized spacial score (nSPS) is 13.9. The zero-order valence-corrected chi connectivity index (χ0v) is 19.0. The molecule has 1 amide bonds. The Bertz CT molecular complexity index is 1020. The summed E-state index contributed by atoms with van der Waals surface area (Å²) in [5, 5.41) is 12.4. The van der Waals surface area contributed by atoms with E-state index < -0.39 is 0 Å². The average Bonchev–Trinajstić information content (AvgIpc) is 3.22. The lowest BCUT2D eigenvalue weighted by Crippen LogP contribution is -2.29. The first kappa shape index (κ1) is 21.4. The summed E-state index contributed by atoms with van der Waals surface area (Å²) in [4.78, 5) is 14.9. The molecule has 7 heteroatoms. The zero-order valence-electron chi connectivity index (χ0n) is 18.2. The topological polar surface area (TPSA) is 63.1 Å². The van der Waals surface area contributed by atoms with Crippen LogP contribution in [0.15, 0.2) is 53.7 Å². The lowest BCUT2D eigenvalue weighted by Gasteiger charge is -2.28. The van der Waals surface area contributed by atoms with Crippen molar-refractivity contribution in [3.05, 3.63) is 54.1 Å². The molecule has 162 valence electrons. The second-order valence-electron chi connectivity index (χ2n) is 7.85. The molecule has 0 saturated carbocycles. The number of carbonyl (C=O) groups is 1. The van der Waals surface area contributed by atoms with Gasteiger partial charge in [-0.1, -0.05) is 35.5 Å². The second kappa shape index (κ2) is 10.0. The Morgan fingerprint density at radius 1 is 1.06 bits per heavy atom. The minimum absolute atomic E-state index is 0.0431. The van der Waals surface area contributed by atoms with Gasteiger partial charge in [0.15, 0.2) is 11.0 Å². The molecule has 1 aromatic heterocycles. The number of anilines is 2. The predicted molar refractivity (Wildman–Crippen MR) is 128 cm³/mol. The van der Waals surface area contributed by atoms with Crippen molar-refractivity contribution in [3.8, 4) is 11.4 Å². The van der Waals surface area contributed by atoms with Gasteiger partial charge in [-0.25, -0.2) is 0 Å². The molecule has 1 saturated heterocycles. The summed E-state index contributed by atoms with van der Waals surface area (Å²) in [7, 11) is 0. The van der Waals surface area contributed by atoms with Gasteiger partial charge in [-0.05, 0) is 63.4 Å². The molecule has 31 heavy (non-hydrogen) atoms. The van der Waals surface area contributed by atoms with Crippen LogP contribution in [0.1, 0.15) is 31.7 Å². The van der Waals surface area contributed by atoms with Gasteiger partial charge in [0.1, 0.15) is 0 Å². The number of piperidine rings is 1. The van der Waals surface area contributed by atoms with Crippen LogP contribution in [0.4, 0.5) is 11.4 Å². The van der Waals surface area contributed by atoms with Crippen LogP contribution < -0.4 is 10.2 Å². The summed E-state index contributed by atoms with van der Waals surface area (Å²) in [6.45, 7) is 7.11. The van der Waals surface area contributed by atoms with Crippen LogP contribution in [0.2, 0.25) is 0 Å². The van der Waals surface area contributed by atoms with Crippen LogP contribution in [0.25, 0.3) is 11.4 Å². The third-order valence-corrected chi connectivity index (χ3v) is 6.48. The first-order valence-corrected chi connectivity index (χ1v) is 11.9. The highest BCUT2D eigenvalue weighted by atomic mass is 32.2. The van der Waals surface area contributed by atoms with E-state index in [-0.39, 0.29) is 5.91 Å². The van der Waals surface area contributed by atoms with Gasteiger partial charge in [-0.15, -0.1) is 10.2 Å². The van der Waals surface area contributed by atoms with Crippen molar-refractivity contribution in [3.63, 3.8) is 0 Å². The number of nitrogens with one attached hydrogen (secondary N) is 1. The summed E-state index contributed by atoms with van der Waals surface area (Å²) in [6, 6.07) is 16.4. The van der Waals surface area contributed by atoms with Crippen LogP contribution in [0.5, 0.6) is 0 Å². The van der Waals surface area contributed by atoms with Crippen molar-refractivity contribution < 1.29 is 4.79 Å². The fourth-order valence-electron chi connectivity index (χ4n) is 3.91. The predicted octanol–water partition coefficient (Wildman–Crippen LogP) is 4.99. The number of thioether (sulfide) groups is 1. The Labute approximate surface area is 188 Å². The molecule has 1 aliphatic rings. The Kier molecular flexibility index (Phi) is 6.92. The fraction of sp³-hybridized carbons (Fsp3) is 0.375. The van der Waals surface area contributed by atoms with E-state index in [4.69, 9.17) is 0 Å². The van der Waals surface area contributed by atoms with Gasteiger partial charge in [0.25, 0.3) is 0 Å². The number of aromatic nitrogens is 3. The van der Waals surface area contributed by atoms with E-state index in [2.05, 4.69) is 63.1 Å². The number of carbonyl (C=O) groups excluding carboxylic acids is 1. The molecule has 0 atom stereocenters. The quantitative estimate of drug-likeness (QED) is 0.530. The molecule has 4 rings (SSSR count). The summed E-state index contributed by atoms with van der Waals surface area (Å²) >= 11 is 1.41. The van der Waals surface area contributed by atoms with Gasteiger partial charge in [0.2, 0.25) is 5.91 Å². The summed E-state index contributed by atoms with van der Waals surface area (Å²) < 4.78 is 2.06. The molecule has 0 spiro atoms. The number of benzene rings is 2. The van der Waals surface area contributed by atoms with Gasteiger partial charge in [0.05, 0.1) is 5.75 Å². The van der Waals surface area contributed by atoms with E-state index in [1.54, 1.807) is 0 Å². The summed E-state index contributed by atoms with van der Waals surface area (Å²) in [5.41, 5.74) is 4.28. The molecule has 0 aliphatic carbocycles. The van der Waals surface area contributed by atoms with Crippen molar-refractivity contribution in [2.75, 3.05) is 29.1 Å². The maximum absolute atomic E-state index is 12.5. The minimum Gasteiger partial charge on any atom is -0.372 e. The molecule has 3 aromatic rings. The molecule has 1 aliphatic heterocycles. The zero-order chi connectivity index (χ0) is 21.6. The number of hydrogen-bond acceptors (Lipinski definition) is 5. The van der Waals surface area contributed by atoms with Gasteiger partial charge < -0.3 is 14.8 Å². The molecule has 6 nitrogen and oxygen atoms in total. The monoisotopic (exact) mass is 435 g/mol. The lowest BCUT2D eigenvalue weighted by atomic mass is 10.1. The van der Waals surface area contributed by atoms with E-state index in [9.17, 15) is 4.79 Å². The molecular formula is C24H29N5OS. The van der Waals surface area contributed by atoms with Crippen molar-refractivity contribution in [2.24, 2.45) is 0 Å². The lowest BCUT2D eigenvalue weighted by molar-refractivity contribution is -0.113. The van der Waals surface area contributed by atoms with Crippen LogP contribution in [0.3, 0.4) is 0 Å². The standard InChI is InChI=1S/C24H29N5OS/c1-3-29-23(19-9-7-8-18(2)16-19)26-27-24(29)31-17-22(30)25-20-10-12-21(13-11-20)28-14-5-4-6-15-28/h7-13,16H,3-6,14-15,17H2,1-2H3,(H,25,30). The highest BCUT2D eigenvalue weighted by molar-refractivity contribution is 7.99. The number of nitrogens with zero attached hydrogens (tertiary/aromatic N) is 4. The van der Waals surface area contributed by atoms with E-state index in [1.807, 2.05) is 24.3 Å². The van der Waals surface area contributed by atoms with E-state index >= 15 is 0 Å². The fourth-order valence-corrected chi connectivity index (χ4v) is 4.72. The summed E-state index contributed by atoms with van der Waals surface area (Å²) in [5.74, 6) is 1.08. The Balaban J connectivity index is 1.35. The third-order valence-electron chi connectivity index (χ3n) is 5.51. The van der Waals surface area contributed by atoms with Crippen LogP contribution in [-0.4, -0.2) is 39.5 Å². The van der Waals surface area contributed by atoms with Gasteiger partial charge in [-0.3, -0.25) is 4.79 Å². The Morgan fingerprint density at radius 3 is 2.55 bits per heavy atom. The van der Waals surface area contributed by atoms with Gasteiger partial charge >= 0.3 is 0 Å². The van der Waals surface area contributed by atoms with Gasteiger partial charge in [-0.2, -0.15) is 0 Å². The van der Waals surface area contributed by atoms with Crippen molar-refractivity contribution in [1.82, 2.24) is 14.8 Å². The molecule has 0 bridgehead atoms. The number of amides is 1. The average molecular weight is 436 g/mol. The first-order valence-electron chi connectivity index (χ1n) is 10.9. The second-order valence-corrected chi connectivity index (χ2v) is 8.79. The minimum atomic E-state index is -0.0431. The SMILES string of the molecule is CCn1c(SCC(=O)Nc2ccc(N3CCCCC3)cc2)nnc1-c1cccc(C)c1. The number of rotatable bonds is 7. The first-order chi connectivity index (χ1) is 15.1. The van der Waals surface area contributed by atoms with Crippen LogP contribution in [-0.2, 0) is 11.3 Å². The molecule has 1 fully saturated rings. The Hall–Kier alpha value is -2.80. The van der Waals surface area contributed by atoms with E-state index in [0.29, 0.717) is 5.75 Å². The highest BCUT2D eigenvalue weighted by Crippen LogP contribution is 2.25. The maximum Gasteiger partial charge on any atom is 0.234 e. The smallest absolute Gasteiger partial charge is 0.234 e. The Morgan fingerprint density at radius 2 is 1.84 bits per heavy atom. The van der Waals surface area contributed by atoms with Crippen molar-refractivity contribution in [2.45, 2.75) is 44.8 Å². The van der Waals surface area contributed by atoms with Crippen LogP contribution in [0, 0.1) is 6.92 Å². The molecule has 1 N–H and O–H groups in total. The summed E-state index contributed by atoms with van der Waals surface area (Å²) in [6.07, 6.45) is 3.83. The molecule has 2 heterocycles. The third kappa shape index (κ3) is 5.28. The highest BCUT2D eigenvalue weighted by Gasteiger charge is 2.15. The number of hydrogen-bond donors (Lipinski definition) is 1. The van der Waals surface area contributed by atoms with Crippen molar-refractivity contribution >= 4 is 29.0 Å². The van der Waals surface area contributed by atoms with Crippen molar-refractivity contribution in [1.29, 1.82) is 0 Å². The largest absolute Gasteiger partial charge is 0.372 e. The molecule has 2 aromatic carbocycles. The van der Waals surface area contributed by atoms with E-state index in [0.717, 1.165) is 41.9 Å². The maximum atomic E-state index is 12.5. The molecular weight excluding hydrogens is 406 g/mol. The number of aryl methyl sites for hydroxylation is 1. The molecule has 0 radical (unpaired) electrons.